The predicted molar refractivity (Wildman–Crippen MR) is 127 cm³/mol. The van der Waals surface area contributed by atoms with Crippen molar-refractivity contribution in [3.63, 3.8) is 0 Å². The number of hydrogen-bond acceptors (Lipinski definition) is 4. The summed E-state index contributed by atoms with van der Waals surface area (Å²) in [5.41, 5.74) is -0.436. The molecular formula is C28H42O4. The van der Waals surface area contributed by atoms with E-state index < -0.39 is 11.6 Å². The van der Waals surface area contributed by atoms with Gasteiger partial charge in [0, 0.05) is 18.1 Å². The van der Waals surface area contributed by atoms with Gasteiger partial charge in [0.2, 0.25) is 0 Å². The van der Waals surface area contributed by atoms with E-state index in [0.717, 1.165) is 25.2 Å². The molecule has 0 radical (unpaired) electrons. The molecule has 0 amide bonds. The van der Waals surface area contributed by atoms with Gasteiger partial charge in [0.15, 0.2) is 17.2 Å². The van der Waals surface area contributed by atoms with Crippen molar-refractivity contribution in [3.05, 3.63) is 23.8 Å². The first-order valence-electron chi connectivity index (χ1n) is 12.7. The van der Waals surface area contributed by atoms with Gasteiger partial charge in [-0.3, -0.25) is 9.59 Å². The van der Waals surface area contributed by atoms with Crippen molar-refractivity contribution in [2.45, 2.75) is 98.5 Å². The van der Waals surface area contributed by atoms with Crippen molar-refractivity contribution >= 4 is 17.5 Å². The van der Waals surface area contributed by atoms with Crippen LogP contribution in [-0.2, 0) is 19.1 Å². The summed E-state index contributed by atoms with van der Waals surface area (Å²) in [6.45, 7) is 13.3. The summed E-state index contributed by atoms with van der Waals surface area (Å²) in [5, 5.41) is 0. The average Bonchev–Trinajstić information content (AvgIpc) is 3.08. The van der Waals surface area contributed by atoms with E-state index in [2.05, 4.69) is 34.6 Å². The molecule has 2 fully saturated rings. The maximum absolute atomic E-state index is 12.9. The molecule has 4 nitrogen and oxygen atoms in total. The van der Waals surface area contributed by atoms with Gasteiger partial charge in [-0.05, 0) is 80.1 Å². The van der Waals surface area contributed by atoms with Crippen LogP contribution < -0.4 is 0 Å². The fourth-order valence-corrected chi connectivity index (χ4v) is 6.36. The molecule has 32 heavy (non-hydrogen) atoms. The lowest BCUT2D eigenvalue weighted by Crippen LogP contribution is -2.41. The highest BCUT2D eigenvalue weighted by molar-refractivity contribution is 6.03. The summed E-state index contributed by atoms with van der Waals surface area (Å²) in [7, 11) is 0. The Morgan fingerprint density at radius 3 is 2.50 bits per heavy atom. The Morgan fingerprint density at radius 1 is 1.12 bits per heavy atom. The fourth-order valence-electron chi connectivity index (χ4n) is 6.36. The summed E-state index contributed by atoms with van der Waals surface area (Å²) in [6.07, 6.45) is 11.9. The molecule has 3 aliphatic carbocycles. The van der Waals surface area contributed by atoms with Crippen molar-refractivity contribution in [2.24, 2.45) is 35.0 Å². The molecule has 0 spiro atoms. The number of Topliss-reactive ketones (excluding diaryl/α,β-unsaturated/α-hetero) is 1. The zero-order valence-corrected chi connectivity index (χ0v) is 20.9. The molecular weight excluding hydrogens is 400 g/mol. The van der Waals surface area contributed by atoms with E-state index in [9.17, 15) is 14.4 Å². The minimum Gasteiger partial charge on any atom is -0.448 e. The molecule has 0 bridgehead atoms. The number of carbonyl (C=O) groups is 3. The number of rotatable bonds is 7. The first-order chi connectivity index (χ1) is 15.0. The second-order valence-corrected chi connectivity index (χ2v) is 11.5. The van der Waals surface area contributed by atoms with Gasteiger partial charge in [0.05, 0.1) is 0 Å². The van der Waals surface area contributed by atoms with Crippen LogP contribution in [0.3, 0.4) is 0 Å². The Bertz CT molecular complexity index is 806. The molecule has 3 aliphatic rings. The topological polar surface area (TPSA) is 60.4 Å². The molecule has 0 heterocycles. The van der Waals surface area contributed by atoms with E-state index in [1.807, 2.05) is 6.08 Å². The quantitative estimate of drug-likeness (QED) is 0.346. The van der Waals surface area contributed by atoms with Gasteiger partial charge >= 0.3 is 5.97 Å². The predicted octanol–water partition coefficient (Wildman–Crippen LogP) is 6.24. The van der Waals surface area contributed by atoms with Crippen molar-refractivity contribution < 1.29 is 19.1 Å². The molecule has 3 rings (SSSR count). The smallest absolute Gasteiger partial charge is 0.332 e. The van der Waals surface area contributed by atoms with Gasteiger partial charge in [-0.15, -0.1) is 0 Å². The third-order valence-corrected chi connectivity index (χ3v) is 9.08. The normalized spacial score (nSPS) is 35.8. The molecule has 178 valence electrons. The van der Waals surface area contributed by atoms with Crippen LogP contribution >= 0.6 is 0 Å². The SMILES string of the molecule is CC(C)C(C)CCC(C)[C@H]1CC[C@H]2/C(=C/C(=O)OC3(C)CCC=CC3=O)C(=O)CC[C@]12C. The van der Waals surface area contributed by atoms with Crippen LogP contribution in [0, 0.1) is 35.0 Å². The largest absolute Gasteiger partial charge is 0.448 e. The van der Waals surface area contributed by atoms with E-state index in [0.29, 0.717) is 42.6 Å². The first-order valence-corrected chi connectivity index (χ1v) is 12.7. The third-order valence-electron chi connectivity index (χ3n) is 9.08. The average molecular weight is 443 g/mol. The van der Waals surface area contributed by atoms with Gasteiger partial charge in [-0.1, -0.05) is 53.5 Å². The van der Waals surface area contributed by atoms with Crippen LogP contribution in [0.4, 0.5) is 0 Å². The number of carbonyl (C=O) groups excluding carboxylic acids is 3. The zero-order valence-electron chi connectivity index (χ0n) is 20.9. The number of ketones is 2. The summed E-state index contributed by atoms with van der Waals surface area (Å²) < 4.78 is 5.62. The number of fused-ring (bicyclic) bond motifs is 1. The van der Waals surface area contributed by atoms with Crippen molar-refractivity contribution in [1.82, 2.24) is 0 Å². The first kappa shape index (κ1) is 24.9. The molecule has 0 N–H and O–H groups in total. The lowest BCUT2D eigenvalue weighted by molar-refractivity contribution is -0.160. The standard InChI is InChI=1S/C28H42O4/c1-18(2)19(3)10-11-20(4)22-12-13-23-21(24(29)14-16-27(22,23)5)17-26(31)32-28(6)15-8-7-9-25(28)30/h7,9,17-20,22-23H,8,10-16H2,1-6H3/b21-17-/t19?,20?,22-,23+,27-,28?/m1/s1. The molecule has 0 saturated heterocycles. The van der Waals surface area contributed by atoms with E-state index in [4.69, 9.17) is 4.74 Å². The monoisotopic (exact) mass is 442 g/mol. The van der Waals surface area contributed by atoms with Gasteiger partial charge in [-0.25, -0.2) is 4.79 Å². The minimum atomic E-state index is -1.12. The highest BCUT2D eigenvalue weighted by Gasteiger charge is 2.53. The Hall–Kier alpha value is -1.71. The molecule has 0 aromatic heterocycles. The Kier molecular flexibility index (Phi) is 7.51. The van der Waals surface area contributed by atoms with Gasteiger partial charge in [0.1, 0.15) is 0 Å². The lowest BCUT2D eigenvalue weighted by Gasteiger charge is -2.44. The Labute approximate surface area is 194 Å². The summed E-state index contributed by atoms with van der Waals surface area (Å²) in [5.74, 6) is 2.06. The van der Waals surface area contributed by atoms with E-state index >= 15 is 0 Å². The number of ether oxygens (including phenoxy) is 1. The van der Waals surface area contributed by atoms with Crippen LogP contribution in [-0.4, -0.2) is 23.1 Å². The van der Waals surface area contributed by atoms with Crippen molar-refractivity contribution in [2.75, 3.05) is 0 Å². The fraction of sp³-hybridized carbons (Fsp3) is 0.750. The van der Waals surface area contributed by atoms with Crippen LogP contribution in [0.2, 0.25) is 0 Å². The van der Waals surface area contributed by atoms with Crippen molar-refractivity contribution in [1.29, 1.82) is 0 Å². The molecule has 0 aromatic rings. The summed E-state index contributed by atoms with van der Waals surface area (Å²) in [4.78, 5) is 37.9. The highest BCUT2D eigenvalue weighted by Crippen LogP contribution is 2.59. The van der Waals surface area contributed by atoms with Crippen LogP contribution in [0.1, 0.15) is 92.9 Å². The number of hydrogen-bond donors (Lipinski definition) is 0. The van der Waals surface area contributed by atoms with Crippen molar-refractivity contribution in [3.8, 4) is 0 Å². The molecule has 6 atom stereocenters. The van der Waals surface area contributed by atoms with Crippen LogP contribution in [0.25, 0.3) is 0 Å². The highest BCUT2D eigenvalue weighted by atomic mass is 16.6. The molecule has 3 unspecified atom stereocenters. The molecule has 0 aliphatic heterocycles. The zero-order chi connectivity index (χ0) is 23.7. The Balaban J connectivity index is 1.74. The second kappa shape index (κ2) is 9.65. The minimum absolute atomic E-state index is 0.0494. The van der Waals surface area contributed by atoms with E-state index in [-0.39, 0.29) is 22.9 Å². The molecule has 4 heteroatoms. The van der Waals surface area contributed by atoms with Crippen LogP contribution in [0.5, 0.6) is 0 Å². The molecule has 0 aromatic carbocycles. The summed E-state index contributed by atoms with van der Waals surface area (Å²) in [6, 6.07) is 0. The van der Waals surface area contributed by atoms with Gasteiger partial charge in [-0.2, -0.15) is 0 Å². The molecule has 2 saturated carbocycles. The van der Waals surface area contributed by atoms with Gasteiger partial charge in [0.25, 0.3) is 0 Å². The van der Waals surface area contributed by atoms with E-state index in [1.54, 1.807) is 6.92 Å². The van der Waals surface area contributed by atoms with E-state index in [1.165, 1.54) is 25.0 Å². The maximum Gasteiger partial charge on any atom is 0.332 e. The van der Waals surface area contributed by atoms with Crippen LogP contribution in [0.15, 0.2) is 23.8 Å². The maximum atomic E-state index is 12.9. The Morgan fingerprint density at radius 2 is 1.84 bits per heavy atom. The third kappa shape index (κ3) is 4.94. The summed E-state index contributed by atoms with van der Waals surface area (Å²) >= 11 is 0. The lowest BCUT2D eigenvalue weighted by atomic mass is 9.60. The number of allylic oxidation sites excluding steroid dienone is 2. The van der Waals surface area contributed by atoms with Gasteiger partial charge < -0.3 is 4.74 Å². The number of esters is 1. The second-order valence-electron chi connectivity index (χ2n) is 11.5.